The van der Waals surface area contributed by atoms with Gasteiger partial charge in [0, 0.05) is 46.8 Å². The monoisotopic (exact) mass is 304 g/mol. The van der Waals surface area contributed by atoms with Crippen molar-refractivity contribution in [3.8, 4) is 0 Å². The van der Waals surface area contributed by atoms with E-state index in [1.165, 1.54) is 12.0 Å². The normalized spacial score (nSPS) is 18.8. The number of carbonyl (C=O) groups is 2. The van der Waals surface area contributed by atoms with Crippen molar-refractivity contribution in [1.82, 2.24) is 10.2 Å². The van der Waals surface area contributed by atoms with Crippen LogP contribution in [0.1, 0.15) is 19.3 Å². The maximum absolute atomic E-state index is 11.9. The third kappa shape index (κ3) is 6.28. The first-order valence-corrected chi connectivity index (χ1v) is 6.90. The fourth-order valence-corrected chi connectivity index (χ4v) is 2.19. The Hall–Kier alpha value is -1.38. The molecule has 1 rings (SSSR count). The van der Waals surface area contributed by atoms with Crippen molar-refractivity contribution < 1.29 is 29.3 Å². The number of carbonyl (C=O) groups excluding carboxylic acids is 1. The molecule has 0 aromatic heterocycles. The van der Waals surface area contributed by atoms with Crippen LogP contribution in [0.3, 0.4) is 0 Å². The van der Waals surface area contributed by atoms with Crippen LogP contribution in [0, 0.1) is 0 Å². The molecule has 21 heavy (non-hydrogen) atoms. The summed E-state index contributed by atoms with van der Waals surface area (Å²) < 4.78 is 10.2. The Morgan fingerprint density at radius 2 is 2.05 bits per heavy atom. The van der Waals surface area contributed by atoms with E-state index in [-0.39, 0.29) is 25.5 Å². The molecule has 2 amide bonds. The zero-order valence-corrected chi connectivity index (χ0v) is 12.5. The number of methoxy groups -OCH3 is 1. The van der Waals surface area contributed by atoms with E-state index < -0.39 is 17.7 Å². The van der Waals surface area contributed by atoms with Crippen LogP contribution in [-0.4, -0.2) is 79.3 Å². The van der Waals surface area contributed by atoms with Gasteiger partial charge in [0.1, 0.15) is 0 Å². The van der Waals surface area contributed by atoms with Gasteiger partial charge in [0.05, 0.1) is 24.7 Å². The highest BCUT2D eigenvalue weighted by Gasteiger charge is 2.32. The summed E-state index contributed by atoms with van der Waals surface area (Å²) in [4.78, 5) is 23.9. The van der Waals surface area contributed by atoms with Crippen LogP contribution >= 0.6 is 0 Å². The molecular weight excluding hydrogens is 280 g/mol. The molecule has 0 aliphatic carbocycles. The lowest BCUT2D eigenvalue weighted by Crippen LogP contribution is -2.50. The number of carboxylic acids is 1. The number of nitrogens with zero attached hydrogens (tertiary/aromatic N) is 1. The molecule has 1 fully saturated rings. The smallest absolute Gasteiger partial charge is 0.317 e. The topological polar surface area (TPSA) is 108 Å². The highest BCUT2D eigenvalue weighted by atomic mass is 16.5. The Bertz CT molecular complexity index is 357. The molecule has 8 heteroatoms. The lowest BCUT2D eigenvalue weighted by Gasteiger charge is -2.35. The van der Waals surface area contributed by atoms with Crippen molar-refractivity contribution in [3.63, 3.8) is 0 Å². The summed E-state index contributed by atoms with van der Waals surface area (Å²) in [5.41, 5.74) is -0.925. The minimum atomic E-state index is -0.985. The van der Waals surface area contributed by atoms with E-state index in [9.17, 15) is 14.7 Å². The van der Waals surface area contributed by atoms with Crippen molar-refractivity contribution in [1.29, 1.82) is 0 Å². The Morgan fingerprint density at radius 3 is 2.57 bits per heavy atom. The van der Waals surface area contributed by atoms with Gasteiger partial charge in [-0.1, -0.05) is 0 Å². The molecular formula is C13H24N2O6. The van der Waals surface area contributed by atoms with Gasteiger partial charge in [-0.2, -0.15) is 0 Å². The number of hydrogen-bond donors (Lipinski definition) is 3. The van der Waals surface area contributed by atoms with Gasteiger partial charge in [-0.15, -0.1) is 0 Å². The van der Waals surface area contributed by atoms with E-state index in [1.54, 1.807) is 7.05 Å². The van der Waals surface area contributed by atoms with E-state index in [2.05, 4.69) is 5.32 Å². The van der Waals surface area contributed by atoms with Crippen LogP contribution in [0.2, 0.25) is 0 Å². The Labute approximate surface area is 124 Å². The van der Waals surface area contributed by atoms with Crippen molar-refractivity contribution in [3.05, 3.63) is 0 Å². The standard InChI is InChI=1S/C13H24N2O6/c1-15(9-13(19)3-5-21-6-4-13)12(18)14-8-10(20-2)7-11(16)17/h10,19H,3-9H2,1-2H3,(H,14,18)(H,16,17). The van der Waals surface area contributed by atoms with E-state index in [0.717, 1.165) is 0 Å². The first-order chi connectivity index (χ1) is 9.86. The molecule has 1 unspecified atom stereocenters. The second kappa shape index (κ2) is 8.16. The van der Waals surface area contributed by atoms with Crippen LogP contribution in [0.5, 0.6) is 0 Å². The van der Waals surface area contributed by atoms with Crippen LogP contribution in [0.4, 0.5) is 4.79 Å². The number of carboxylic acid groups (broad SMARTS) is 1. The molecule has 1 aliphatic heterocycles. The summed E-state index contributed by atoms with van der Waals surface area (Å²) >= 11 is 0. The predicted octanol–water partition coefficient (Wildman–Crippen LogP) is -0.341. The molecule has 8 nitrogen and oxygen atoms in total. The molecule has 0 aromatic carbocycles. The maximum Gasteiger partial charge on any atom is 0.317 e. The zero-order valence-electron chi connectivity index (χ0n) is 12.5. The van der Waals surface area contributed by atoms with E-state index in [1.807, 2.05) is 0 Å². The lowest BCUT2D eigenvalue weighted by atomic mass is 9.94. The number of likely N-dealkylation sites (N-methyl/N-ethyl adjacent to an activating group) is 1. The Balaban J connectivity index is 2.38. The molecule has 0 bridgehead atoms. The third-order valence-electron chi connectivity index (χ3n) is 3.52. The van der Waals surface area contributed by atoms with E-state index in [4.69, 9.17) is 14.6 Å². The van der Waals surface area contributed by atoms with Gasteiger partial charge in [0.15, 0.2) is 0 Å². The van der Waals surface area contributed by atoms with Crippen molar-refractivity contribution >= 4 is 12.0 Å². The maximum atomic E-state index is 11.9. The summed E-state index contributed by atoms with van der Waals surface area (Å²) in [6.07, 6.45) is 0.224. The molecule has 3 N–H and O–H groups in total. The number of urea groups is 1. The first kappa shape index (κ1) is 17.7. The van der Waals surface area contributed by atoms with Gasteiger partial charge in [-0.05, 0) is 0 Å². The number of aliphatic carboxylic acids is 1. The summed E-state index contributed by atoms with van der Waals surface area (Å²) in [5, 5.41) is 21.6. The largest absolute Gasteiger partial charge is 0.481 e. The first-order valence-electron chi connectivity index (χ1n) is 6.90. The number of rotatable bonds is 7. The molecule has 122 valence electrons. The van der Waals surface area contributed by atoms with Crippen LogP contribution in [0.15, 0.2) is 0 Å². The quantitative estimate of drug-likeness (QED) is 0.594. The Kier molecular flexibility index (Phi) is 6.86. The summed E-state index contributed by atoms with van der Waals surface area (Å²) in [5.74, 6) is -0.985. The summed E-state index contributed by atoms with van der Waals surface area (Å²) in [7, 11) is 2.98. The molecule has 1 aliphatic rings. The van der Waals surface area contributed by atoms with Gasteiger partial charge in [-0.25, -0.2) is 4.79 Å². The Morgan fingerprint density at radius 1 is 1.43 bits per heavy atom. The highest BCUT2D eigenvalue weighted by molar-refractivity contribution is 5.74. The molecule has 0 aromatic rings. The van der Waals surface area contributed by atoms with Gasteiger partial charge >= 0.3 is 12.0 Å². The molecule has 0 spiro atoms. The van der Waals surface area contributed by atoms with Gasteiger partial charge in [0.2, 0.25) is 0 Å². The van der Waals surface area contributed by atoms with Crippen LogP contribution < -0.4 is 5.32 Å². The third-order valence-corrected chi connectivity index (χ3v) is 3.52. The fraction of sp³-hybridized carbons (Fsp3) is 0.846. The van der Waals surface area contributed by atoms with Crippen molar-refractivity contribution in [2.75, 3.05) is 40.5 Å². The SMILES string of the molecule is COC(CNC(=O)N(C)CC1(O)CCOCC1)CC(=O)O. The van der Waals surface area contributed by atoms with Crippen LogP contribution in [-0.2, 0) is 14.3 Å². The van der Waals surface area contributed by atoms with Crippen molar-refractivity contribution in [2.24, 2.45) is 0 Å². The average molecular weight is 304 g/mol. The van der Waals surface area contributed by atoms with Gasteiger partial charge < -0.3 is 29.9 Å². The fourth-order valence-electron chi connectivity index (χ4n) is 2.19. The average Bonchev–Trinajstić information content (AvgIpc) is 2.42. The van der Waals surface area contributed by atoms with Crippen molar-refractivity contribution in [2.45, 2.75) is 31.0 Å². The predicted molar refractivity (Wildman–Crippen MR) is 74.1 cm³/mol. The molecule has 1 heterocycles. The van der Waals surface area contributed by atoms with E-state index >= 15 is 0 Å². The molecule has 0 radical (unpaired) electrons. The van der Waals surface area contributed by atoms with E-state index in [0.29, 0.717) is 26.1 Å². The molecule has 1 saturated heterocycles. The van der Waals surface area contributed by atoms with Gasteiger partial charge in [0.25, 0.3) is 0 Å². The minimum Gasteiger partial charge on any atom is -0.481 e. The molecule has 1 atom stereocenters. The van der Waals surface area contributed by atoms with Crippen LogP contribution in [0.25, 0.3) is 0 Å². The van der Waals surface area contributed by atoms with Gasteiger partial charge in [-0.3, -0.25) is 4.79 Å². The minimum absolute atomic E-state index is 0.105. The number of nitrogens with one attached hydrogen (secondary N) is 1. The summed E-state index contributed by atoms with van der Waals surface area (Å²) in [6, 6.07) is -0.373. The number of amides is 2. The zero-order chi connectivity index (χ0) is 15.9. The number of ether oxygens (including phenoxy) is 2. The lowest BCUT2D eigenvalue weighted by molar-refractivity contribution is -0.139. The second-order valence-electron chi connectivity index (χ2n) is 5.33. The highest BCUT2D eigenvalue weighted by Crippen LogP contribution is 2.21. The number of aliphatic hydroxyl groups is 1. The second-order valence-corrected chi connectivity index (χ2v) is 5.33. The number of hydrogen-bond acceptors (Lipinski definition) is 5. The molecule has 0 saturated carbocycles. The summed E-state index contributed by atoms with van der Waals surface area (Å²) in [6.45, 7) is 1.28.